The summed E-state index contributed by atoms with van der Waals surface area (Å²) < 4.78 is 6.07. The molecule has 4 nitrogen and oxygen atoms in total. The van der Waals surface area contributed by atoms with Crippen molar-refractivity contribution in [1.82, 2.24) is 4.90 Å². The number of para-hydroxylation sites is 1. The molecule has 1 aliphatic heterocycles. The van der Waals surface area contributed by atoms with Crippen molar-refractivity contribution in [2.75, 3.05) is 25.0 Å². The first-order valence-electron chi connectivity index (χ1n) is 8.81. The zero-order chi connectivity index (χ0) is 17.8. The Hall–Kier alpha value is -2.17. The largest absolute Gasteiger partial charge is 0.368 e. The highest BCUT2D eigenvalue weighted by Gasteiger charge is 2.27. The minimum Gasteiger partial charge on any atom is -0.368 e. The van der Waals surface area contributed by atoms with Crippen LogP contribution in [0.3, 0.4) is 0 Å². The van der Waals surface area contributed by atoms with Crippen molar-refractivity contribution in [3.05, 3.63) is 65.2 Å². The molecule has 25 heavy (non-hydrogen) atoms. The van der Waals surface area contributed by atoms with E-state index in [1.54, 1.807) is 0 Å². The molecule has 2 aromatic carbocycles. The fourth-order valence-electron chi connectivity index (χ4n) is 3.41. The van der Waals surface area contributed by atoms with Crippen LogP contribution in [-0.2, 0) is 9.53 Å². The Morgan fingerprint density at radius 3 is 2.44 bits per heavy atom. The molecule has 1 fully saturated rings. The first-order chi connectivity index (χ1) is 12.0. The second-order valence-electron chi connectivity index (χ2n) is 6.86. The molecule has 1 heterocycles. The van der Waals surface area contributed by atoms with Crippen LogP contribution in [0.15, 0.2) is 48.5 Å². The minimum absolute atomic E-state index is 0.0120. The van der Waals surface area contributed by atoms with Gasteiger partial charge in [0, 0.05) is 18.8 Å². The van der Waals surface area contributed by atoms with Crippen molar-refractivity contribution in [3.8, 4) is 0 Å². The third-order valence-electron chi connectivity index (χ3n) is 4.62. The van der Waals surface area contributed by atoms with E-state index in [4.69, 9.17) is 4.74 Å². The van der Waals surface area contributed by atoms with E-state index in [-0.39, 0.29) is 18.1 Å². The number of nitrogens with one attached hydrogen (secondary N) is 1. The van der Waals surface area contributed by atoms with Gasteiger partial charge in [0.1, 0.15) is 0 Å². The highest BCUT2D eigenvalue weighted by Crippen LogP contribution is 2.25. The maximum atomic E-state index is 12.5. The van der Waals surface area contributed by atoms with Gasteiger partial charge in [0.2, 0.25) is 5.91 Å². The number of anilines is 1. The molecule has 2 atom stereocenters. The van der Waals surface area contributed by atoms with Crippen molar-refractivity contribution in [1.29, 1.82) is 0 Å². The van der Waals surface area contributed by atoms with Crippen LogP contribution in [0.1, 0.15) is 29.7 Å². The summed E-state index contributed by atoms with van der Waals surface area (Å²) in [5.41, 5.74) is 4.26. The molecular weight excluding hydrogens is 312 g/mol. The maximum Gasteiger partial charge on any atom is 0.238 e. The molecule has 4 heteroatoms. The smallest absolute Gasteiger partial charge is 0.238 e. The second-order valence-corrected chi connectivity index (χ2v) is 6.86. The first kappa shape index (κ1) is 17.6. The van der Waals surface area contributed by atoms with Crippen molar-refractivity contribution in [3.63, 3.8) is 0 Å². The van der Waals surface area contributed by atoms with Gasteiger partial charge in [-0.25, -0.2) is 0 Å². The van der Waals surface area contributed by atoms with Gasteiger partial charge in [-0.15, -0.1) is 0 Å². The summed E-state index contributed by atoms with van der Waals surface area (Å²) in [5, 5.41) is 3.07. The summed E-state index contributed by atoms with van der Waals surface area (Å²) in [7, 11) is 0. The Morgan fingerprint density at radius 2 is 1.76 bits per heavy atom. The maximum absolute atomic E-state index is 12.5. The van der Waals surface area contributed by atoms with E-state index in [1.165, 1.54) is 0 Å². The molecule has 0 saturated carbocycles. The molecular formula is C21H26N2O2. The number of rotatable bonds is 4. The number of amides is 1. The lowest BCUT2D eigenvalue weighted by atomic mass is 10.1. The molecule has 0 bridgehead atoms. The zero-order valence-electron chi connectivity index (χ0n) is 15.2. The Labute approximate surface area is 149 Å². The van der Waals surface area contributed by atoms with Crippen LogP contribution in [0.4, 0.5) is 5.69 Å². The molecule has 1 aliphatic rings. The molecule has 0 unspecified atom stereocenters. The predicted octanol–water partition coefficient (Wildman–Crippen LogP) is 3.70. The highest BCUT2D eigenvalue weighted by molar-refractivity contribution is 5.93. The molecule has 1 saturated heterocycles. The van der Waals surface area contributed by atoms with E-state index in [9.17, 15) is 4.79 Å². The van der Waals surface area contributed by atoms with Crippen LogP contribution in [0.2, 0.25) is 0 Å². The fourth-order valence-corrected chi connectivity index (χ4v) is 3.41. The van der Waals surface area contributed by atoms with Gasteiger partial charge in [0.15, 0.2) is 0 Å². The van der Waals surface area contributed by atoms with Crippen molar-refractivity contribution in [2.45, 2.75) is 33.0 Å². The SMILES string of the molecule is Cc1cccc(C)c1NC(=O)CN1C[C@@H](c2ccccc2)O[C@@H](C)C1. The van der Waals surface area contributed by atoms with Crippen LogP contribution in [0.5, 0.6) is 0 Å². The van der Waals surface area contributed by atoms with E-state index in [1.807, 2.05) is 50.2 Å². The summed E-state index contributed by atoms with van der Waals surface area (Å²) in [6.07, 6.45) is 0.116. The Bertz CT molecular complexity index is 710. The van der Waals surface area contributed by atoms with Crippen molar-refractivity contribution >= 4 is 11.6 Å². The molecule has 1 N–H and O–H groups in total. The number of carbonyl (C=O) groups excluding carboxylic acids is 1. The number of nitrogens with zero attached hydrogens (tertiary/aromatic N) is 1. The van der Waals surface area contributed by atoms with E-state index >= 15 is 0 Å². The van der Waals surface area contributed by atoms with E-state index in [2.05, 4.69) is 29.3 Å². The lowest BCUT2D eigenvalue weighted by Crippen LogP contribution is -2.46. The van der Waals surface area contributed by atoms with Crippen LogP contribution in [0.25, 0.3) is 0 Å². The molecule has 132 valence electrons. The lowest BCUT2D eigenvalue weighted by Gasteiger charge is -2.36. The van der Waals surface area contributed by atoms with Crippen molar-refractivity contribution < 1.29 is 9.53 Å². The molecule has 0 radical (unpaired) electrons. The number of morpholine rings is 1. The second kappa shape index (κ2) is 7.81. The summed E-state index contributed by atoms with van der Waals surface area (Å²) in [6, 6.07) is 16.3. The molecule has 1 amide bonds. The average Bonchev–Trinajstić information content (AvgIpc) is 2.58. The van der Waals surface area contributed by atoms with Gasteiger partial charge in [-0.2, -0.15) is 0 Å². The minimum atomic E-state index is 0.0120. The normalized spacial score (nSPS) is 21.1. The standard InChI is InChI=1S/C21H26N2O2/c1-15-8-7-9-16(2)21(15)22-20(24)14-23-12-17(3)25-19(13-23)18-10-5-4-6-11-18/h4-11,17,19H,12-14H2,1-3H3,(H,22,24)/t17-,19-/m0/s1. The topological polar surface area (TPSA) is 41.6 Å². The summed E-state index contributed by atoms with van der Waals surface area (Å²) in [5.74, 6) is 0.0262. The summed E-state index contributed by atoms with van der Waals surface area (Å²) in [4.78, 5) is 14.7. The lowest BCUT2D eigenvalue weighted by molar-refractivity contribution is -0.122. The quantitative estimate of drug-likeness (QED) is 0.924. The average molecular weight is 338 g/mol. The van der Waals surface area contributed by atoms with Gasteiger partial charge >= 0.3 is 0 Å². The van der Waals surface area contributed by atoms with E-state index in [0.717, 1.165) is 35.5 Å². The zero-order valence-corrected chi connectivity index (χ0v) is 15.2. The molecule has 0 aromatic heterocycles. The van der Waals surface area contributed by atoms with Gasteiger partial charge in [-0.05, 0) is 37.5 Å². The van der Waals surface area contributed by atoms with Crippen LogP contribution >= 0.6 is 0 Å². The summed E-state index contributed by atoms with van der Waals surface area (Å²) >= 11 is 0. The Morgan fingerprint density at radius 1 is 1.08 bits per heavy atom. The fraction of sp³-hybridized carbons (Fsp3) is 0.381. The van der Waals surface area contributed by atoms with E-state index in [0.29, 0.717) is 6.54 Å². The number of benzene rings is 2. The van der Waals surface area contributed by atoms with Crippen LogP contribution in [-0.4, -0.2) is 36.5 Å². The third kappa shape index (κ3) is 4.47. The van der Waals surface area contributed by atoms with E-state index < -0.39 is 0 Å². The number of aryl methyl sites for hydroxylation is 2. The molecule has 0 aliphatic carbocycles. The highest BCUT2D eigenvalue weighted by atomic mass is 16.5. The van der Waals surface area contributed by atoms with Gasteiger partial charge in [0.25, 0.3) is 0 Å². The van der Waals surface area contributed by atoms with Gasteiger partial charge in [-0.3, -0.25) is 9.69 Å². The summed E-state index contributed by atoms with van der Waals surface area (Å²) in [6.45, 7) is 7.98. The van der Waals surface area contributed by atoms with Crippen LogP contribution < -0.4 is 5.32 Å². The number of ether oxygens (including phenoxy) is 1. The first-order valence-corrected chi connectivity index (χ1v) is 8.81. The van der Waals surface area contributed by atoms with Crippen LogP contribution in [0, 0.1) is 13.8 Å². The molecule has 2 aromatic rings. The van der Waals surface area contributed by atoms with Gasteiger partial charge < -0.3 is 10.1 Å². The van der Waals surface area contributed by atoms with Gasteiger partial charge in [0.05, 0.1) is 18.8 Å². The molecule has 0 spiro atoms. The molecule has 3 rings (SSSR count). The number of hydrogen-bond donors (Lipinski definition) is 1. The van der Waals surface area contributed by atoms with Gasteiger partial charge in [-0.1, -0.05) is 48.5 Å². The predicted molar refractivity (Wildman–Crippen MR) is 101 cm³/mol. The monoisotopic (exact) mass is 338 g/mol. The Balaban J connectivity index is 1.64. The number of hydrogen-bond acceptors (Lipinski definition) is 3. The van der Waals surface area contributed by atoms with Crippen molar-refractivity contribution in [2.24, 2.45) is 0 Å². The number of carbonyl (C=O) groups is 1. The third-order valence-corrected chi connectivity index (χ3v) is 4.62. The Kier molecular flexibility index (Phi) is 5.51.